The van der Waals surface area contributed by atoms with Crippen LogP contribution in [0, 0.1) is 5.82 Å². The predicted octanol–water partition coefficient (Wildman–Crippen LogP) is 3.97. The van der Waals surface area contributed by atoms with Gasteiger partial charge in [0.25, 0.3) is 5.91 Å². The van der Waals surface area contributed by atoms with Gasteiger partial charge in [-0.25, -0.2) is 4.39 Å². The number of amides is 1. The molecule has 0 spiro atoms. The lowest BCUT2D eigenvalue weighted by molar-refractivity contribution is 0.0912. The fraction of sp³-hybridized carbons (Fsp3) is 0.111. The van der Waals surface area contributed by atoms with Gasteiger partial charge in [-0.15, -0.1) is 0 Å². The normalized spacial score (nSPS) is 11.9. The van der Waals surface area contributed by atoms with E-state index < -0.39 is 0 Å². The van der Waals surface area contributed by atoms with E-state index in [1.54, 1.807) is 36.7 Å². The number of benzene rings is 1. The van der Waals surface area contributed by atoms with Crippen LogP contribution in [0.2, 0.25) is 0 Å². The second-order valence-corrected chi connectivity index (χ2v) is 5.15. The van der Waals surface area contributed by atoms with Crippen LogP contribution in [-0.4, -0.2) is 10.9 Å². The largest absolute Gasteiger partial charge is 0.451 e. The van der Waals surface area contributed by atoms with Crippen LogP contribution in [0.25, 0.3) is 11.3 Å². The van der Waals surface area contributed by atoms with Crippen molar-refractivity contribution in [1.29, 1.82) is 0 Å². The number of nitrogens with one attached hydrogen (secondary N) is 1. The minimum atomic E-state index is -0.315. The van der Waals surface area contributed by atoms with E-state index in [4.69, 9.17) is 4.42 Å². The summed E-state index contributed by atoms with van der Waals surface area (Å²) in [4.78, 5) is 16.2. The molecule has 0 fully saturated rings. The van der Waals surface area contributed by atoms with Gasteiger partial charge in [0, 0.05) is 18.0 Å². The zero-order valence-electron chi connectivity index (χ0n) is 12.5. The van der Waals surface area contributed by atoms with E-state index in [1.165, 1.54) is 12.1 Å². The summed E-state index contributed by atoms with van der Waals surface area (Å²) in [5, 5.41) is 2.87. The smallest absolute Gasteiger partial charge is 0.287 e. The number of nitrogens with zero attached hydrogens (tertiary/aromatic N) is 1. The van der Waals surface area contributed by atoms with Gasteiger partial charge in [-0.05, 0) is 61.0 Å². The Morgan fingerprint density at radius 1 is 1.09 bits per heavy atom. The lowest BCUT2D eigenvalue weighted by Crippen LogP contribution is -2.26. The maximum absolute atomic E-state index is 12.9. The lowest BCUT2D eigenvalue weighted by atomic mass is 10.1. The molecule has 3 aromatic rings. The van der Waals surface area contributed by atoms with Gasteiger partial charge in [-0.3, -0.25) is 9.78 Å². The Hall–Kier alpha value is -2.95. The standard InChI is InChI=1S/C18H15FN2O2/c1-12(13-8-10-20-11-9-13)21-18(22)17-7-6-16(23-17)14-2-4-15(19)5-3-14/h2-12H,1H3,(H,21,22). The monoisotopic (exact) mass is 310 g/mol. The van der Waals surface area contributed by atoms with Crippen LogP contribution in [0.1, 0.15) is 29.1 Å². The summed E-state index contributed by atoms with van der Waals surface area (Å²) in [5.74, 6) is 0.115. The Balaban J connectivity index is 1.72. The van der Waals surface area contributed by atoms with Gasteiger partial charge in [0.15, 0.2) is 5.76 Å². The number of halogens is 1. The van der Waals surface area contributed by atoms with Gasteiger partial charge < -0.3 is 9.73 Å². The number of carbonyl (C=O) groups excluding carboxylic acids is 1. The molecule has 1 unspecified atom stereocenters. The fourth-order valence-corrected chi connectivity index (χ4v) is 2.23. The van der Waals surface area contributed by atoms with Crippen molar-refractivity contribution in [2.45, 2.75) is 13.0 Å². The van der Waals surface area contributed by atoms with E-state index >= 15 is 0 Å². The molecular formula is C18H15FN2O2. The third kappa shape index (κ3) is 3.45. The summed E-state index contributed by atoms with van der Waals surface area (Å²) in [7, 11) is 0. The molecule has 1 aromatic carbocycles. The van der Waals surface area contributed by atoms with Crippen LogP contribution in [0.15, 0.2) is 65.3 Å². The molecule has 0 saturated carbocycles. The van der Waals surface area contributed by atoms with Crippen LogP contribution < -0.4 is 5.32 Å². The molecule has 0 aliphatic carbocycles. The van der Waals surface area contributed by atoms with E-state index in [9.17, 15) is 9.18 Å². The van der Waals surface area contributed by atoms with E-state index in [0.29, 0.717) is 11.3 Å². The predicted molar refractivity (Wildman–Crippen MR) is 84.2 cm³/mol. The Morgan fingerprint density at radius 3 is 2.48 bits per heavy atom. The average molecular weight is 310 g/mol. The molecule has 5 heteroatoms. The number of carbonyl (C=O) groups is 1. The second kappa shape index (κ2) is 6.44. The first kappa shape index (κ1) is 15.0. The highest BCUT2D eigenvalue weighted by molar-refractivity contribution is 5.92. The second-order valence-electron chi connectivity index (χ2n) is 5.15. The molecule has 2 heterocycles. The van der Waals surface area contributed by atoms with E-state index in [2.05, 4.69) is 10.3 Å². The number of aromatic nitrogens is 1. The maximum atomic E-state index is 12.9. The molecule has 1 amide bonds. The molecule has 0 radical (unpaired) electrons. The van der Waals surface area contributed by atoms with Crippen molar-refractivity contribution in [1.82, 2.24) is 10.3 Å². The van der Waals surface area contributed by atoms with Crippen LogP contribution >= 0.6 is 0 Å². The Morgan fingerprint density at radius 2 is 1.78 bits per heavy atom. The van der Waals surface area contributed by atoms with Crippen LogP contribution in [0.3, 0.4) is 0 Å². The van der Waals surface area contributed by atoms with Crippen LogP contribution in [0.4, 0.5) is 4.39 Å². The van der Waals surface area contributed by atoms with Gasteiger partial charge in [0.2, 0.25) is 0 Å². The molecule has 23 heavy (non-hydrogen) atoms. The first-order valence-corrected chi connectivity index (χ1v) is 7.20. The maximum Gasteiger partial charge on any atom is 0.287 e. The number of hydrogen-bond donors (Lipinski definition) is 1. The van der Waals surface area contributed by atoms with Crippen molar-refractivity contribution >= 4 is 5.91 Å². The van der Waals surface area contributed by atoms with Crippen molar-refractivity contribution in [3.63, 3.8) is 0 Å². The fourth-order valence-electron chi connectivity index (χ4n) is 2.23. The molecule has 1 atom stereocenters. The van der Waals surface area contributed by atoms with E-state index in [0.717, 1.165) is 5.56 Å². The minimum Gasteiger partial charge on any atom is -0.451 e. The summed E-state index contributed by atoms with van der Waals surface area (Å²) in [6.07, 6.45) is 3.36. The lowest BCUT2D eigenvalue weighted by Gasteiger charge is -2.12. The van der Waals surface area contributed by atoms with Crippen molar-refractivity contribution in [2.24, 2.45) is 0 Å². The van der Waals surface area contributed by atoms with Crippen molar-refractivity contribution in [3.8, 4) is 11.3 Å². The molecule has 116 valence electrons. The zero-order chi connectivity index (χ0) is 16.2. The molecular weight excluding hydrogens is 295 g/mol. The van der Waals surface area contributed by atoms with Gasteiger partial charge in [0.1, 0.15) is 11.6 Å². The number of hydrogen-bond acceptors (Lipinski definition) is 3. The zero-order valence-corrected chi connectivity index (χ0v) is 12.5. The summed E-state index contributed by atoms with van der Waals surface area (Å²) < 4.78 is 18.5. The van der Waals surface area contributed by atoms with Crippen molar-refractivity contribution in [3.05, 3.63) is 78.1 Å². The number of rotatable bonds is 4. The molecule has 0 aliphatic rings. The SMILES string of the molecule is CC(NC(=O)c1ccc(-c2ccc(F)cc2)o1)c1ccncc1. The average Bonchev–Trinajstić information content (AvgIpc) is 3.06. The third-order valence-electron chi connectivity index (χ3n) is 3.51. The molecule has 0 bridgehead atoms. The summed E-state index contributed by atoms with van der Waals surface area (Å²) in [5.41, 5.74) is 1.67. The third-order valence-corrected chi connectivity index (χ3v) is 3.51. The molecule has 0 saturated heterocycles. The minimum absolute atomic E-state index is 0.162. The highest BCUT2D eigenvalue weighted by Crippen LogP contribution is 2.23. The summed E-state index contributed by atoms with van der Waals surface area (Å²) in [6, 6.07) is 12.7. The topological polar surface area (TPSA) is 55.1 Å². The first-order valence-electron chi connectivity index (χ1n) is 7.20. The van der Waals surface area contributed by atoms with E-state index in [-0.39, 0.29) is 23.5 Å². The molecule has 1 N–H and O–H groups in total. The Bertz CT molecular complexity index is 797. The van der Waals surface area contributed by atoms with Gasteiger partial charge >= 0.3 is 0 Å². The summed E-state index contributed by atoms with van der Waals surface area (Å²) in [6.45, 7) is 1.89. The molecule has 4 nitrogen and oxygen atoms in total. The van der Waals surface area contributed by atoms with Gasteiger partial charge in [-0.1, -0.05) is 0 Å². The van der Waals surface area contributed by atoms with Gasteiger partial charge in [0.05, 0.1) is 6.04 Å². The Labute approximate surface area is 133 Å². The van der Waals surface area contributed by atoms with Crippen LogP contribution in [0.5, 0.6) is 0 Å². The number of pyridine rings is 1. The van der Waals surface area contributed by atoms with Crippen molar-refractivity contribution < 1.29 is 13.6 Å². The molecule has 0 aliphatic heterocycles. The quantitative estimate of drug-likeness (QED) is 0.793. The molecule has 2 aromatic heterocycles. The number of furan rings is 1. The van der Waals surface area contributed by atoms with Crippen LogP contribution in [-0.2, 0) is 0 Å². The first-order chi connectivity index (χ1) is 11.1. The molecule has 3 rings (SSSR count). The van der Waals surface area contributed by atoms with E-state index in [1.807, 2.05) is 19.1 Å². The highest BCUT2D eigenvalue weighted by Gasteiger charge is 2.15. The van der Waals surface area contributed by atoms with Gasteiger partial charge in [-0.2, -0.15) is 0 Å². The Kier molecular flexibility index (Phi) is 4.19. The van der Waals surface area contributed by atoms with Crippen molar-refractivity contribution in [2.75, 3.05) is 0 Å². The summed E-state index contributed by atoms with van der Waals surface area (Å²) >= 11 is 0. The highest BCUT2D eigenvalue weighted by atomic mass is 19.1.